The molecule has 0 aliphatic rings. The highest BCUT2D eigenvalue weighted by Gasteiger charge is 2.20. The van der Waals surface area contributed by atoms with Gasteiger partial charge in [0.1, 0.15) is 16.7 Å². The van der Waals surface area contributed by atoms with Crippen LogP contribution in [0.25, 0.3) is 76.9 Å². The molecule has 13 rings (SSSR count). The van der Waals surface area contributed by atoms with Gasteiger partial charge in [-0.25, -0.2) is 0 Å². The minimum Gasteiger partial charge on any atom is -0.454 e. The van der Waals surface area contributed by atoms with Crippen LogP contribution in [0.2, 0.25) is 0 Å². The summed E-state index contributed by atoms with van der Waals surface area (Å²) in [5, 5.41) is 6.49. The zero-order valence-corrected chi connectivity index (χ0v) is 46.4. The monoisotopic (exact) mass is 1040 g/mol. The van der Waals surface area contributed by atoms with Gasteiger partial charge >= 0.3 is 0 Å². The summed E-state index contributed by atoms with van der Waals surface area (Å²) in [6.45, 7) is 9.26. The number of aryl methyl sites for hydroxylation is 1. The van der Waals surface area contributed by atoms with Crippen molar-refractivity contribution in [3.63, 3.8) is 0 Å². The average molecular weight is 1040 g/mol. The van der Waals surface area contributed by atoms with E-state index >= 15 is 0 Å². The molecule has 0 fully saturated rings. The van der Waals surface area contributed by atoms with Gasteiger partial charge in [-0.05, 0) is 107 Å². The van der Waals surface area contributed by atoms with Crippen LogP contribution in [-0.2, 0) is 0 Å². The predicted molar refractivity (Wildman–Crippen MR) is 337 cm³/mol. The number of rotatable bonds is 10. The first-order valence-corrected chi connectivity index (χ1v) is 26.8. The van der Waals surface area contributed by atoms with Crippen molar-refractivity contribution < 1.29 is 21.5 Å². The fraction of sp³-hybridized carbons (Fsp3) is 0.178. The second-order valence-corrected chi connectivity index (χ2v) is 20.8. The van der Waals surface area contributed by atoms with Gasteiger partial charge in [-0.2, -0.15) is 0 Å². The minimum absolute atomic E-state index is 0.332. The molecule has 0 radical (unpaired) electrons. The summed E-state index contributed by atoms with van der Waals surface area (Å²) in [6.07, 6.45) is 0. The van der Waals surface area contributed by atoms with Crippen molar-refractivity contribution in [2.75, 3.05) is 35.8 Å². The largest absolute Gasteiger partial charge is 0.454 e. The lowest BCUT2D eigenvalue weighted by atomic mass is 10.0. The number of hydrogen-bond donors (Lipinski definition) is 0. The zero-order valence-electron chi connectivity index (χ0n) is 52.4. The average Bonchev–Trinajstić information content (AvgIpc) is 1.82. The third-order valence-corrected chi connectivity index (χ3v) is 15.0. The number of benzene rings is 10. The highest BCUT2D eigenvalue weighted by atomic mass is 16.3. The molecular weight excluding hydrogens is 967 g/mol. The summed E-state index contributed by atoms with van der Waals surface area (Å²) >= 11 is 0. The second-order valence-electron chi connectivity index (χ2n) is 20.8. The predicted octanol–water partition coefficient (Wildman–Crippen LogP) is 21.4. The van der Waals surface area contributed by atoms with Crippen LogP contribution in [0.3, 0.4) is 0 Å². The van der Waals surface area contributed by atoms with Gasteiger partial charge in [-0.1, -0.05) is 205 Å². The van der Waals surface area contributed by atoms with Crippen molar-refractivity contribution in [1.29, 1.82) is 0 Å². The molecule has 3 aromatic heterocycles. The van der Waals surface area contributed by atoms with Crippen LogP contribution in [0.4, 0.5) is 34.1 Å². The molecule has 0 amide bonds. The Bertz CT molecular complexity index is 4510. The van der Waals surface area contributed by atoms with Crippen LogP contribution >= 0.6 is 0 Å². The van der Waals surface area contributed by atoms with E-state index in [1.807, 2.05) is 183 Å². The molecule has 0 aliphatic heterocycles. The zero-order chi connectivity index (χ0) is 60.2. The van der Waals surface area contributed by atoms with E-state index in [0.29, 0.717) is 5.56 Å². The van der Waals surface area contributed by atoms with Gasteiger partial charge in [0.2, 0.25) is 0 Å². The first-order valence-electron chi connectivity index (χ1n) is 29.8. The molecule has 0 aliphatic carbocycles. The van der Waals surface area contributed by atoms with E-state index in [-0.39, 0.29) is 0 Å². The number of hydrogen-bond acceptors (Lipinski definition) is 6. The van der Waals surface area contributed by atoms with Crippen LogP contribution in [0.5, 0.6) is 0 Å². The highest BCUT2D eigenvalue weighted by Crippen LogP contribution is 2.43. The number of para-hydroxylation sites is 6. The van der Waals surface area contributed by atoms with E-state index in [1.165, 1.54) is 0 Å². The lowest BCUT2D eigenvalue weighted by molar-refractivity contribution is 0.657. The molecule has 0 saturated carbocycles. The van der Waals surface area contributed by atoms with Gasteiger partial charge in [0.15, 0.2) is 16.7 Å². The van der Waals surface area contributed by atoms with Crippen molar-refractivity contribution in [3.8, 4) is 11.1 Å². The molecule has 0 bridgehead atoms. The summed E-state index contributed by atoms with van der Waals surface area (Å²) < 4.78 is 66.6. The van der Waals surface area contributed by atoms with Crippen LogP contribution in [0.15, 0.2) is 232 Å². The fourth-order valence-electron chi connectivity index (χ4n) is 10.5. The lowest BCUT2D eigenvalue weighted by Gasteiger charge is -2.20. The van der Waals surface area contributed by atoms with E-state index < -0.39 is 24.5 Å². The smallest absolute Gasteiger partial charge is 0.159 e. The lowest BCUT2D eigenvalue weighted by Crippen LogP contribution is -2.09. The van der Waals surface area contributed by atoms with Crippen molar-refractivity contribution >= 4 is 99.9 Å². The van der Waals surface area contributed by atoms with E-state index in [4.69, 9.17) is 21.5 Å². The summed E-state index contributed by atoms with van der Waals surface area (Å²) in [7, 11) is 6.03. The Labute approximate surface area is 473 Å². The van der Waals surface area contributed by atoms with Crippen molar-refractivity contribution in [2.45, 2.75) is 66.1 Å². The maximum Gasteiger partial charge on any atom is 0.159 e. The molecule has 10 aromatic carbocycles. The Balaban J connectivity index is 0.000000133. The molecule has 3 heterocycles. The van der Waals surface area contributed by atoms with Crippen LogP contribution < -0.4 is 14.7 Å². The normalized spacial score (nSPS) is 13.2. The van der Waals surface area contributed by atoms with Crippen LogP contribution in [0, 0.1) is 6.85 Å². The Hall–Kier alpha value is -9.00. The molecule has 0 spiro atoms. The van der Waals surface area contributed by atoms with Crippen LogP contribution in [-0.4, -0.2) is 21.1 Å². The number of fused-ring (bicyclic) bond motifs is 9. The maximum absolute atomic E-state index is 8.49. The molecule has 0 N–H and O–H groups in total. The molecule has 79 heavy (non-hydrogen) atoms. The molecule has 0 atom stereocenters. The van der Waals surface area contributed by atoms with Gasteiger partial charge in [-0.3, -0.25) is 0 Å². The van der Waals surface area contributed by atoms with E-state index in [9.17, 15) is 0 Å². The molecule has 6 nitrogen and oxygen atoms in total. The topological polar surface area (TPSA) is 49.1 Å². The number of nitrogens with zero attached hydrogens (tertiary/aromatic N) is 3. The standard InChI is InChI=1S/C26H21NO.C25H27NO.C22H21NO/c1-18-14-16-20(17-15-18)27(2)24-13-7-12-23-22-11-6-10-21(25(22)28-26(23)24)19-8-4-3-5-9-19;1-16(2)18-12-14-19(15-13-18)26(5)23-11-7-10-22-21-9-6-8-20(17(3)4)24(21)27-25(22)23;1-15(2)16-11-13-17(14-12-16)23(3)20-9-6-8-19-18-7-4-5-10-21(18)24-22(19)20/h3-17H,1-2H3;6-17H,1-5H3;4-15H,1-3H3/i1D3;16D,17D;15D. The van der Waals surface area contributed by atoms with Crippen molar-refractivity contribution in [2.24, 2.45) is 0 Å². The van der Waals surface area contributed by atoms with E-state index in [0.717, 1.165) is 128 Å². The van der Waals surface area contributed by atoms with Gasteiger partial charge in [0, 0.05) is 84.3 Å². The molecule has 13 aromatic rings. The Morgan fingerprint density at radius 2 is 0.734 bits per heavy atom. The summed E-state index contributed by atoms with van der Waals surface area (Å²) in [4.78, 5) is 6.26. The van der Waals surface area contributed by atoms with Gasteiger partial charge in [0.05, 0.1) is 17.1 Å². The molecular formula is C73H69N3O3. The minimum atomic E-state index is -2.11. The Kier molecular flexibility index (Phi) is 12.6. The first-order chi connectivity index (χ1) is 40.5. The van der Waals surface area contributed by atoms with Crippen molar-refractivity contribution in [3.05, 3.63) is 241 Å². The van der Waals surface area contributed by atoms with Gasteiger partial charge < -0.3 is 28.0 Å². The van der Waals surface area contributed by atoms with E-state index in [2.05, 4.69) is 101 Å². The molecule has 394 valence electrons. The van der Waals surface area contributed by atoms with Gasteiger partial charge in [0.25, 0.3) is 0 Å². The van der Waals surface area contributed by atoms with E-state index in [1.54, 1.807) is 12.1 Å². The Morgan fingerprint density at radius 3 is 1.23 bits per heavy atom. The molecule has 6 heteroatoms. The maximum atomic E-state index is 8.49. The van der Waals surface area contributed by atoms with Crippen LogP contribution in [0.1, 0.15) is 89.7 Å². The SMILES string of the molecule is [2H]C(C)(C)c1ccc(N(C)c2cccc3c2oc2c(C([2H])(C)C)cccc23)cc1.[2H]C(C)(C)c1ccc(N(C)c2cccc3c2oc2ccccc23)cc1.[2H]C([2H])([2H])c1ccc(N(C)c2cccc3c2oc2c(-c4ccccc4)cccc23)cc1. The third kappa shape index (κ3) is 10.2. The number of anilines is 6. The molecule has 0 saturated heterocycles. The highest BCUT2D eigenvalue weighted by molar-refractivity contribution is 6.13. The fourth-order valence-corrected chi connectivity index (χ4v) is 10.5. The first kappa shape index (κ1) is 45.1. The number of furan rings is 3. The summed E-state index contributed by atoms with van der Waals surface area (Å²) in [5.41, 5.74) is 16.4. The van der Waals surface area contributed by atoms with Crippen molar-refractivity contribution in [1.82, 2.24) is 0 Å². The summed E-state index contributed by atoms with van der Waals surface area (Å²) in [6, 6.07) is 72.4. The third-order valence-electron chi connectivity index (χ3n) is 15.0. The second kappa shape index (κ2) is 22.2. The van der Waals surface area contributed by atoms with Gasteiger partial charge in [-0.15, -0.1) is 0 Å². The summed E-state index contributed by atoms with van der Waals surface area (Å²) in [5.74, 6) is -1.94. The quantitative estimate of drug-likeness (QED) is 0.136. The Morgan fingerprint density at radius 1 is 0.342 bits per heavy atom. The molecule has 0 unspecified atom stereocenters.